The summed E-state index contributed by atoms with van der Waals surface area (Å²) in [6, 6.07) is 0. The predicted molar refractivity (Wildman–Crippen MR) is 94.6 cm³/mol. The summed E-state index contributed by atoms with van der Waals surface area (Å²) in [5.74, 6) is 2.36. The molecule has 2 N–H and O–H groups in total. The highest BCUT2D eigenvalue weighted by Gasteiger charge is 2.32. The lowest BCUT2D eigenvalue weighted by atomic mass is 9.81. The topological polar surface area (TPSA) is 76.0 Å². The molecule has 0 bridgehead atoms. The van der Waals surface area contributed by atoms with Gasteiger partial charge in [0.25, 0.3) is 5.91 Å². The predicted octanol–water partition coefficient (Wildman–Crippen LogP) is 2.07. The maximum Gasteiger partial charge on any atom is 0.289 e. The third kappa shape index (κ3) is 3.50. The van der Waals surface area contributed by atoms with Gasteiger partial charge >= 0.3 is 0 Å². The largest absolute Gasteiger partial charge is 0.334 e. The molecule has 2 aliphatic heterocycles. The number of aromatic nitrogens is 2. The summed E-state index contributed by atoms with van der Waals surface area (Å²) in [4.78, 5) is 29.1. The van der Waals surface area contributed by atoms with Crippen molar-refractivity contribution in [1.82, 2.24) is 20.4 Å². The van der Waals surface area contributed by atoms with Crippen LogP contribution in [0, 0.1) is 5.41 Å². The van der Waals surface area contributed by atoms with E-state index in [1.807, 2.05) is 30.2 Å². The molecule has 3 rings (SSSR count). The number of rotatable bonds is 3. The SMILES string of the molecule is CC(C)(C(=O)NNC(=O)c1cn2c(n1)CCCC2)C1=CCSCC1. The monoisotopic (exact) mass is 348 g/mol. The molecule has 3 heterocycles. The van der Waals surface area contributed by atoms with Gasteiger partial charge in [0.15, 0.2) is 0 Å². The van der Waals surface area contributed by atoms with Crippen LogP contribution in [0.3, 0.4) is 0 Å². The molecular formula is C17H24N4O2S. The van der Waals surface area contributed by atoms with E-state index in [0.29, 0.717) is 5.69 Å². The van der Waals surface area contributed by atoms with Gasteiger partial charge in [0.2, 0.25) is 5.91 Å². The number of carbonyl (C=O) groups excluding carboxylic acids is 2. The maximum atomic E-state index is 12.5. The number of imidazole rings is 1. The normalized spacial score (nSPS) is 17.7. The lowest BCUT2D eigenvalue weighted by Gasteiger charge is -2.29. The van der Waals surface area contributed by atoms with Crippen molar-refractivity contribution in [2.24, 2.45) is 5.41 Å². The fourth-order valence-corrected chi connectivity index (χ4v) is 3.95. The van der Waals surface area contributed by atoms with Crippen molar-refractivity contribution in [3.05, 3.63) is 29.4 Å². The van der Waals surface area contributed by atoms with E-state index >= 15 is 0 Å². The first-order valence-electron chi connectivity index (χ1n) is 8.42. The van der Waals surface area contributed by atoms with E-state index in [9.17, 15) is 9.59 Å². The van der Waals surface area contributed by atoms with Crippen LogP contribution in [-0.4, -0.2) is 32.9 Å². The molecule has 1 aromatic rings. The zero-order valence-electron chi connectivity index (χ0n) is 14.2. The van der Waals surface area contributed by atoms with E-state index in [-0.39, 0.29) is 11.8 Å². The number of hydrogen-bond donors (Lipinski definition) is 2. The Bertz CT molecular complexity index is 655. The fraction of sp³-hybridized carbons (Fsp3) is 0.588. The van der Waals surface area contributed by atoms with Gasteiger partial charge in [-0.3, -0.25) is 20.4 Å². The molecule has 0 saturated carbocycles. The van der Waals surface area contributed by atoms with Gasteiger partial charge in [-0.25, -0.2) is 4.98 Å². The summed E-state index contributed by atoms with van der Waals surface area (Å²) < 4.78 is 2.02. The Morgan fingerprint density at radius 2 is 2.08 bits per heavy atom. The van der Waals surface area contributed by atoms with Crippen LogP contribution < -0.4 is 10.9 Å². The Hall–Kier alpha value is -1.76. The van der Waals surface area contributed by atoms with E-state index in [1.165, 1.54) is 0 Å². The Morgan fingerprint density at radius 1 is 1.25 bits per heavy atom. The number of carbonyl (C=O) groups is 2. The molecule has 0 radical (unpaired) electrons. The summed E-state index contributed by atoms with van der Waals surface area (Å²) in [6.45, 7) is 4.69. The second-order valence-electron chi connectivity index (χ2n) is 6.78. The minimum absolute atomic E-state index is 0.196. The van der Waals surface area contributed by atoms with E-state index in [4.69, 9.17) is 0 Å². The molecule has 1 aromatic heterocycles. The zero-order chi connectivity index (χ0) is 17.2. The minimum atomic E-state index is -0.623. The molecule has 7 heteroatoms. The lowest BCUT2D eigenvalue weighted by molar-refractivity contribution is -0.128. The second-order valence-corrected chi connectivity index (χ2v) is 7.93. The summed E-state index contributed by atoms with van der Waals surface area (Å²) in [7, 11) is 0. The molecule has 24 heavy (non-hydrogen) atoms. The highest BCUT2D eigenvalue weighted by atomic mass is 32.2. The molecule has 6 nitrogen and oxygen atoms in total. The van der Waals surface area contributed by atoms with Gasteiger partial charge in [-0.05, 0) is 38.9 Å². The van der Waals surface area contributed by atoms with Crippen molar-refractivity contribution in [2.45, 2.75) is 46.1 Å². The summed E-state index contributed by atoms with van der Waals surface area (Å²) in [5.41, 5.74) is 5.94. The summed E-state index contributed by atoms with van der Waals surface area (Å²) in [6.07, 6.45) is 7.92. The van der Waals surface area contributed by atoms with Crippen LogP contribution in [0.1, 0.15) is 49.4 Å². The molecule has 0 fully saturated rings. The van der Waals surface area contributed by atoms with Gasteiger partial charge in [0.05, 0.1) is 5.41 Å². The number of amides is 2. The van der Waals surface area contributed by atoms with Crippen molar-refractivity contribution >= 4 is 23.6 Å². The molecule has 130 valence electrons. The number of hydrogen-bond acceptors (Lipinski definition) is 4. The van der Waals surface area contributed by atoms with E-state index in [0.717, 1.165) is 55.1 Å². The standard InChI is InChI=1S/C17H24N4O2S/c1-17(2,12-6-9-24-10-7-12)16(23)20-19-15(22)13-11-21-8-4-3-5-14(21)18-13/h6,11H,3-5,7-10H2,1-2H3,(H,19,22)(H,20,23). The smallest absolute Gasteiger partial charge is 0.289 e. The van der Waals surface area contributed by atoms with Crippen molar-refractivity contribution in [3.8, 4) is 0 Å². The van der Waals surface area contributed by atoms with E-state index < -0.39 is 5.41 Å². The van der Waals surface area contributed by atoms with Crippen molar-refractivity contribution < 1.29 is 9.59 Å². The highest BCUT2D eigenvalue weighted by molar-refractivity contribution is 7.99. The van der Waals surface area contributed by atoms with Crippen molar-refractivity contribution in [2.75, 3.05) is 11.5 Å². The van der Waals surface area contributed by atoms with Crippen molar-refractivity contribution in [1.29, 1.82) is 0 Å². The van der Waals surface area contributed by atoms with Gasteiger partial charge in [0.1, 0.15) is 11.5 Å². The van der Waals surface area contributed by atoms with E-state index in [1.54, 1.807) is 6.20 Å². The van der Waals surface area contributed by atoms with Gasteiger partial charge < -0.3 is 4.57 Å². The Kier molecular flexibility index (Phi) is 4.99. The van der Waals surface area contributed by atoms with Gasteiger partial charge in [0, 0.05) is 24.9 Å². The van der Waals surface area contributed by atoms with Crippen LogP contribution in [0.4, 0.5) is 0 Å². The number of fused-ring (bicyclic) bond motifs is 1. The van der Waals surface area contributed by atoms with Crippen LogP contribution in [-0.2, 0) is 17.8 Å². The van der Waals surface area contributed by atoms with Crippen LogP contribution in [0.5, 0.6) is 0 Å². The number of nitrogens with one attached hydrogen (secondary N) is 2. The van der Waals surface area contributed by atoms with Gasteiger partial charge in [-0.15, -0.1) is 0 Å². The molecule has 2 aliphatic rings. The summed E-state index contributed by atoms with van der Waals surface area (Å²) >= 11 is 1.87. The average molecular weight is 348 g/mol. The van der Waals surface area contributed by atoms with Crippen LogP contribution in [0.25, 0.3) is 0 Å². The molecule has 0 aliphatic carbocycles. The Balaban J connectivity index is 1.60. The number of hydrazine groups is 1. The second kappa shape index (κ2) is 7.01. The molecule has 0 spiro atoms. The number of aryl methyl sites for hydroxylation is 2. The Morgan fingerprint density at radius 3 is 2.79 bits per heavy atom. The van der Waals surface area contributed by atoms with Crippen molar-refractivity contribution in [3.63, 3.8) is 0 Å². The van der Waals surface area contributed by atoms with Crippen LogP contribution >= 0.6 is 11.8 Å². The molecule has 0 atom stereocenters. The van der Waals surface area contributed by atoms with Crippen LogP contribution in [0.2, 0.25) is 0 Å². The average Bonchev–Trinajstić information content (AvgIpc) is 3.04. The van der Waals surface area contributed by atoms with Crippen LogP contribution in [0.15, 0.2) is 17.8 Å². The fourth-order valence-electron chi connectivity index (χ4n) is 3.10. The molecule has 2 amide bonds. The molecule has 0 unspecified atom stereocenters. The third-order valence-corrected chi connectivity index (χ3v) is 5.66. The Labute approximate surface area is 146 Å². The molecule has 0 saturated heterocycles. The summed E-state index contributed by atoms with van der Waals surface area (Å²) in [5, 5.41) is 0. The lowest BCUT2D eigenvalue weighted by Crippen LogP contribution is -2.48. The number of thioether (sulfide) groups is 1. The van der Waals surface area contributed by atoms with Gasteiger partial charge in [-0.2, -0.15) is 11.8 Å². The number of nitrogens with zero attached hydrogens (tertiary/aromatic N) is 2. The molecule has 0 aromatic carbocycles. The highest BCUT2D eigenvalue weighted by Crippen LogP contribution is 2.33. The first-order chi connectivity index (χ1) is 11.5. The zero-order valence-corrected chi connectivity index (χ0v) is 15.0. The minimum Gasteiger partial charge on any atom is -0.334 e. The van der Waals surface area contributed by atoms with Gasteiger partial charge in [-0.1, -0.05) is 11.6 Å². The first kappa shape index (κ1) is 17.1. The molecular weight excluding hydrogens is 324 g/mol. The van der Waals surface area contributed by atoms with E-state index in [2.05, 4.69) is 21.9 Å². The first-order valence-corrected chi connectivity index (χ1v) is 9.58. The maximum absolute atomic E-state index is 12.5. The quantitative estimate of drug-likeness (QED) is 0.648. The third-order valence-electron chi connectivity index (χ3n) is 4.76.